The van der Waals surface area contributed by atoms with Gasteiger partial charge in [-0.2, -0.15) is 5.26 Å². The molecule has 1 aliphatic carbocycles. The number of hydrogen-bond acceptors (Lipinski definition) is 13. The van der Waals surface area contributed by atoms with Crippen molar-refractivity contribution in [1.82, 2.24) is 0 Å². The Morgan fingerprint density at radius 2 is 1.34 bits per heavy atom. The smallest absolute Gasteiger partial charge is 0.308 e. The van der Waals surface area contributed by atoms with E-state index in [1.807, 2.05) is 6.07 Å². The Morgan fingerprint density at radius 3 is 1.82 bits per heavy atom. The molecular weight excluding hydrogens is 578 g/mol. The second-order valence-corrected chi connectivity index (χ2v) is 11.9. The van der Waals surface area contributed by atoms with E-state index in [-0.39, 0.29) is 5.57 Å². The molecule has 0 aromatic heterocycles. The molecule has 1 fully saturated rings. The van der Waals surface area contributed by atoms with E-state index in [9.17, 15) is 29.5 Å². The fourth-order valence-electron chi connectivity index (χ4n) is 4.18. The van der Waals surface area contributed by atoms with Gasteiger partial charge in [0, 0.05) is 13.2 Å². The first kappa shape index (κ1) is 36.9. The van der Waals surface area contributed by atoms with E-state index >= 15 is 0 Å². The van der Waals surface area contributed by atoms with E-state index in [2.05, 4.69) is 0 Å². The molecule has 0 aromatic carbocycles. The van der Waals surface area contributed by atoms with Crippen LogP contribution in [-0.4, -0.2) is 91.7 Å². The van der Waals surface area contributed by atoms with Crippen molar-refractivity contribution in [3.63, 3.8) is 0 Å². The monoisotopic (exact) mass is 623 g/mol. The first-order valence-corrected chi connectivity index (χ1v) is 14.7. The molecule has 1 aliphatic heterocycles. The SMILES string of the molecule is CO[C@@H]1C=C/C(=C\C#N)[C@H](O)[C@H]1O[C@@H]1O[C@H](COC(=O)C(C)C)[C@@H](OC(=O)C(C)C)[C@H](OC(=O)C(C)C)[C@H]1OC(=O)C(C)C. The van der Waals surface area contributed by atoms with Crippen molar-refractivity contribution in [3.05, 3.63) is 23.8 Å². The zero-order valence-electron chi connectivity index (χ0n) is 26.8. The van der Waals surface area contributed by atoms with E-state index in [0.29, 0.717) is 0 Å². The molecule has 0 bridgehead atoms. The molecule has 1 saturated heterocycles. The van der Waals surface area contributed by atoms with Crippen LogP contribution in [-0.2, 0) is 52.3 Å². The summed E-state index contributed by atoms with van der Waals surface area (Å²) in [6.07, 6.45) is -6.34. The minimum absolute atomic E-state index is 0.228. The molecule has 0 amide bonds. The highest BCUT2D eigenvalue weighted by Crippen LogP contribution is 2.34. The van der Waals surface area contributed by atoms with Gasteiger partial charge >= 0.3 is 23.9 Å². The third-order valence-corrected chi connectivity index (χ3v) is 6.87. The summed E-state index contributed by atoms with van der Waals surface area (Å²) in [6, 6.07) is 1.86. The molecule has 8 atom stereocenters. The Labute approximate surface area is 258 Å². The summed E-state index contributed by atoms with van der Waals surface area (Å²) in [5.74, 6) is -4.98. The van der Waals surface area contributed by atoms with Crippen molar-refractivity contribution < 1.29 is 57.4 Å². The Balaban J connectivity index is 2.68. The quantitative estimate of drug-likeness (QED) is 0.191. The standard InChI is InChI=1S/C31H45NO12/c1-15(2)27(34)39-14-21-24(41-28(35)16(3)4)25(42-29(36)17(5)6)26(43-30(37)18(7)8)31(40-21)44-23-20(38-9)11-10-19(12-13-32)22(23)33/h10-12,15-18,20-26,31,33H,14H2,1-9H3/b19-12+/t20-,21-,22+,23+,24-,25+,26-,31+/m1/s1. The predicted molar refractivity (Wildman–Crippen MR) is 153 cm³/mol. The largest absolute Gasteiger partial charge is 0.463 e. The Kier molecular flexibility index (Phi) is 14.0. The lowest BCUT2D eigenvalue weighted by atomic mass is 9.92. The molecule has 13 nitrogen and oxygen atoms in total. The summed E-state index contributed by atoms with van der Waals surface area (Å²) in [4.78, 5) is 51.2. The molecular formula is C31H45NO12. The maximum absolute atomic E-state index is 13.0. The van der Waals surface area contributed by atoms with E-state index in [1.165, 1.54) is 13.2 Å². The molecule has 1 N–H and O–H groups in total. The van der Waals surface area contributed by atoms with Gasteiger partial charge in [-0.1, -0.05) is 67.5 Å². The van der Waals surface area contributed by atoms with Crippen molar-refractivity contribution >= 4 is 23.9 Å². The van der Waals surface area contributed by atoms with Crippen LogP contribution < -0.4 is 0 Å². The number of aliphatic hydroxyl groups excluding tert-OH is 1. The molecule has 0 aromatic rings. The van der Waals surface area contributed by atoms with Crippen LogP contribution in [0.4, 0.5) is 0 Å². The van der Waals surface area contributed by atoms with Crippen LogP contribution in [0.3, 0.4) is 0 Å². The highest BCUT2D eigenvalue weighted by molar-refractivity contribution is 5.74. The predicted octanol–water partition coefficient (Wildman–Crippen LogP) is 2.39. The first-order valence-electron chi connectivity index (χ1n) is 14.7. The van der Waals surface area contributed by atoms with Crippen molar-refractivity contribution in [1.29, 1.82) is 5.26 Å². The van der Waals surface area contributed by atoms with Crippen molar-refractivity contribution in [2.75, 3.05) is 13.7 Å². The number of rotatable bonds is 12. The van der Waals surface area contributed by atoms with Gasteiger partial charge in [0.25, 0.3) is 0 Å². The van der Waals surface area contributed by atoms with Crippen LogP contribution in [0.1, 0.15) is 55.4 Å². The fourth-order valence-corrected chi connectivity index (χ4v) is 4.18. The number of nitrogens with zero attached hydrogens (tertiary/aromatic N) is 1. The second-order valence-electron chi connectivity index (χ2n) is 11.9. The molecule has 13 heteroatoms. The summed E-state index contributed by atoms with van der Waals surface area (Å²) < 4.78 is 40.7. The van der Waals surface area contributed by atoms with Gasteiger partial charge < -0.3 is 38.3 Å². The summed E-state index contributed by atoms with van der Waals surface area (Å²) in [5.41, 5.74) is 0.228. The van der Waals surface area contributed by atoms with Gasteiger partial charge in [-0.15, -0.1) is 0 Å². The maximum atomic E-state index is 13.0. The lowest BCUT2D eigenvalue weighted by Crippen LogP contribution is -2.64. The summed E-state index contributed by atoms with van der Waals surface area (Å²) in [6.45, 7) is 12.4. The summed E-state index contributed by atoms with van der Waals surface area (Å²) >= 11 is 0. The highest BCUT2D eigenvalue weighted by Gasteiger charge is 2.55. The van der Waals surface area contributed by atoms with Crippen molar-refractivity contribution in [3.8, 4) is 6.07 Å². The number of nitriles is 1. The second kappa shape index (κ2) is 16.7. The van der Waals surface area contributed by atoms with Gasteiger partial charge in [0.2, 0.25) is 0 Å². The molecule has 246 valence electrons. The van der Waals surface area contributed by atoms with E-state index < -0.39 is 103 Å². The Morgan fingerprint density at radius 1 is 0.841 bits per heavy atom. The molecule has 0 saturated carbocycles. The Hall–Kier alpha value is -3.31. The number of hydrogen-bond donors (Lipinski definition) is 1. The van der Waals surface area contributed by atoms with E-state index in [1.54, 1.807) is 61.5 Å². The topological polar surface area (TPSA) is 177 Å². The average molecular weight is 624 g/mol. The highest BCUT2D eigenvalue weighted by atomic mass is 16.7. The van der Waals surface area contributed by atoms with Crippen molar-refractivity contribution in [2.24, 2.45) is 23.7 Å². The van der Waals surface area contributed by atoms with Gasteiger partial charge in [-0.05, 0) is 5.57 Å². The fraction of sp³-hybridized carbons (Fsp3) is 0.710. The van der Waals surface area contributed by atoms with Gasteiger partial charge in [-0.25, -0.2) is 0 Å². The molecule has 44 heavy (non-hydrogen) atoms. The lowest BCUT2D eigenvalue weighted by Gasteiger charge is -2.46. The number of carbonyl (C=O) groups excluding carboxylic acids is 4. The van der Waals surface area contributed by atoms with Crippen LogP contribution in [0.25, 0.3) is 0 Å². The number of allylic oxidation sites excluding steroid dienone is 1. The molecule has 2 aliphatic rings. The minimum Gasteiger partial charge on any atom is -0.463 e. The minimum atomic E-state index is -1.55. The van der Waals surface area contributed by atoms with Crippen LogP contribution in [0.15, 0.2) is 23.8 Å². The zero-order chi connectivity index (χ0) is 33.3. The van der Waals surface area contributed by atoms with Gasteiger partial charge in [0.15, 0.2) is 24.6 Å². The van der Waals surface area contributed by atoms with Gasteiger partial charge in [0.05, 0.1) is 29.7 Å². The lowest BCUT2D eigenvalue weighted by molar-refractivity contribution is -0.327. The van der Waals surface area contributed by atoms with E-state index in [4.69, 9.17) is 33.2 Å². The normalized spacial score (nSPS) is 29.5. The number of carbonyl (C=O) groups is 4. The van der Waals surface area contributed by atoms with E-state index in [0.717, 1.165) is 6.08 Å². The maximum Gasteiger partial charge on any atom is 0.308 e. The average Bonchev–Trinajstić information content (AvgIpc) is 2.96. The Bertz CT molecular complexity index is 1120. The van der Waals surface area contributed by atoms with Crippen molar-refractivity contribution in [2.45, 2.75) is 104 Å². The van der Waals surface area contributed by atoms with Gasteiger partial charge in [-0.3, -0.25) is 19.2 Å². The van der Waals surface area contributed by atoms with Crippen LogP contribution >= 0.6 is 0 Å². The van der Waals surface area contributed by atoms with Crippen LogP contribution in [0, 0.1) is 35.0 Å². The molecule has 0 unspecified atom stereocenters. The molecule has 2 rings (SSSR count). The number of aliphatic hydroxyl groups is 1. The van der Waals surface area contributed by atoms with Gasteiger partial charge in [0.1, 0.15) is 31.0 Å². The summed E-state index contributed by atoms with van der Waals surface area (Å²) in [5, 5.41) is 20.3. The first-order chi connectivity index (χ1) is 20.6. The third kappa shape index (κ3) is 9.59. The van der Waals surface area contributed by atoms with Crippen LogP contribution in [0.2, 0.25) is 0 Å². The number of esters is 4. The molecule has 0 radical (unpaired) electrons. The molecule has 0 spiro atoms. The summed E-state index contributed by atoms with van der Waals surface area (Å²) in [7, 11) is 1.39. The molecule has 1 heterocycles. The number of methoxy groups -OCH3 is 1. The number of ether oxygens (including phenoxy) is 7. The zero-order valence-corrected chi connectivity index (χ0v) is 26.8. The van der Waals surface area contributed by atoms with Crippen LogP contribution in [0.5, 0.6) is 0 Å². The third-order valence-electron chi connectivity index (χ3n) is 6.87.